The molecule has 0 bridgehead atoms. The Morgan fingerprint density at radius 3 is 2.20 bits per heavy atom. The molecule has 0 nitrogen and oxygen atoms in total. The molecule has 0 aliphatic heterocycles. The van der Waals surface area contributed by atoms with Gasteiger partial charge in [0.05, 0.1) is 7.85 Å². The second kappa shape index (κ2) is 1.88. The fraction of sp³-hybridized carbons (Fsp3) is 0.333. The van der Waals surface area contributed by atoms with Crippen LogP contribution in [0.15, 0.2) is 30.3 Å². The monoisotopic (exact) mass is 128 g/mol. The number of hydrogen-bond acceptors (Lipinski definition) is 0. The smallest absolute Gasteiger partial charge is 0.0622 e. The predicted molar refractivity (Wildman–Crippen MR) is 43.1 cm³/mol. The van der Waals surface area contributed by atoms with Gasteiger partial charge in [0, 0.05) is 0 Å². The second-order valence-electron chi connectivity index (χ2n) is 3.02. The van der Waals surface area contributed by atoms with Crippen LogP contribution in [0.5, 0.6) is 0 Å². The van der Waals surface area contributed by atoms with Crippen molar-refractivity contribution in [2.75, 3.05) is 0 Å². The van der Waals surface area contributed by atoms with E-state index in [9.17, 15) is 0 Å². The van der Waals surface area contributed by atoms with Gasteiger partial charge in [0.2, 0.25) is 0 Å². The molecule has 0 N–H and O–H groups in total. The van der Waals surface area contributed by atoms with Gasteiger partial charge in [-0.2, -0.15) is 0 Å². The molecule has 2 rings (SSSR count). The van der Waals surface area contributed by atoms with Gasteiger partial charge in [0.15, 0.2) is 0 Å². The van der Waals surface area contributed by atoms with Gasteiger partial charge in [0.25, 0.3) is 0 Å². The molecule has 0 saturated heterocycles. The minimum absolute atomic E-state index is 0.0429. The van der Waals surface area contributed by atoms with Gasteiger partial charge in [-0.3, -0.25) is 0 Å². The molecule has 1 aliphatic carbocycles. The maximum absolute atomic E-state index is 5.97. The van der Waals surface area contributed by atoms with Gasteiger partial charge in [-0.05, 0) is 5.31 Å². The van der Waals surface area contributed by atoms with Crippen LogP contribution < -0.4 is 0 Å². The third-order valence-corrected chi connectivity index (χ3v) is 2.14. The summed E-state index contributed by atoms with van der Waals surface area (Å²) in [4.78, 5) is 0. The quantitative estimate of drug-likeness (QED) is 0.506. The summed E-state index contributed by atoms with van der Waals surface area (Å²) < 4.78 is 0. The van der Waals surface area contributed by atoms with Crippen LogP contribution in [0.2, 0.25) is 0 Å². The molecule has 1 aromatic carbocycles. The highest BCUT2D eigenvalue weighted by molar-refractivity contribution is 6.18. The van der Waals surface area contributed by atoms with E-state index in [1.165, 1.54) is 5.56 Å². The van der Waals surface area contributed by atoms with Crippen LogP contribution in [-0.4, -0.2) is 7.85 Å². The van der Waals surface area contributed by atoms with Crippen molar-refractivity contribution >= 4 is 7.85 Å². The van der Waals surface area contributed by atoms with E-state index in [0.29, 0.717) is 0 Å². The van der Waals surface area contributed by atoms with Crippen LogP contribution in [0, 0.1) is 0 Å². The molecule has 2 radical (unpaired) electrons. The molecule has 0 atom stereocenters. The van der Waals surface area contributed by atoms with E-state index in [-0.39, 0.29) is 5.31 Å². The van der Waals surface area contributed by atoms with Crippen molar-refractivity contribution in [3.63, 3.8) is 0 Å². The Balaban J connectivity index is 2.35. The molecule has 1 aromatic rings. The first-order valence-electron chi connectivity index (χ1n) is 3.66. The lowest BCUT2D eigenvalue weighted by Crippen LogP contribution is -2.03. The van der Waals surface area contributed by atoms with Crippen molar-refractivity contribution < 1.29 is 0 Å². The molecular formula is C9H9B. The third-order valence-electron chi connectivity index (χ3n) is 2.14. The Hall–Kier alpha value is -0.715. The summed E-state index contributed by atoms with van der Waals surface area (Å²) >= 11 is 0. The van der Waals surface area contributed by atoms with E-state index in [0.717, 1.165) is 12.8 Å². The first-order chi connectivity index (χ1) is 4.81. The molecule has 1 heteroatoms. The Morgan fingerprint density at radius 1 is 1.10 bits per heavy atom. The van der Waals surface area contributed by atoms with Gasteiger partial charge in [0.1, 0.15) is 0 Å². The highest BCUT2D eigenvalue weighted by Gasteiger charge is 2.37. The van der Waals surface area contributed by atoms with E-state index < -0.39 is 0 Å². The van der Waals surface area contributed by atoms with Crippen molar-refractivity contribution in [2.45, 2.75) is 18.2 Å². The molecule has 0 unspecified atom stereocenters. The normalized spacial score (nSPS) is 20.4. The molecule has 0 spiro atoms. The lowest BCUT2D eigenvalue weighted by molar-refractivity contribution is 1.01. The predicted octanol–water partition coefficient (Wildman–Crippen LogP) is 1.84. The summed E-state index contributed by atoms with van der Waals surface area (Å²) in [7, 11) is 5.97. The topological polar surface area (TPSA) is 0 Å². The van der Waals surface area contributed by atoms with Crippen LogP contribution in [0.3, 0.4) is 0 Å². The summed E-state index contributed by atoms with van der Waals surface area (Å²) in [6, 6.07) is 10.3. The molecular weight excluding hydrogens is 119 g/mol. The standard InChI is InChI=1S/C9H9B/c10-9(6-7-9)8-4-2-1-3-5-8/h1-5H,6-7H2. The minimum Gasteiger partial charge on any atom is -0.0622 e. The highest BCUT2D eigenvalue weighted by Crippen LogP contribution is 2.44. The Bertz CT molecular complexity index is 224. The van der Waals surface area contributed by atoms with Crippen molar-refractivity contribution in [3.05, 3.63) is 35.9 Å². The first kappa shape index (κ1) is 6.02. The third kappa shape index (κ3) is 0.861. The number of benzene rings is 1. The summed E-state index contributed by atoms with van der Waals surface area (Å²) in [5, 5.41) is 0.0429. The van der Waals surface area contributed by atoms with Crippen LogP contribution in [0.4, 0.5) is 0 Å². The first-order valence-corrected chi connectivity index (χ1v) is 3.66. The SMILES string of the molecule is [B]C1(c2ccccc2)CC1. The van der Waals surface area contributed by atoms with E-state index >= 15 is 0 Å². The molecule has 10 heavy (non-hydrogen) atoms. The average molecular weight is 128 g/mol. The van der Waals surface area contributed by atoms with Crippen molar-refractivity contribution in [1.29, 1.82) is 0 Å². The summed E-state index contributed by atoms with van der Waals surface area (Å²) in [5.41, 5.74) is 1.29. The highest BCUT2D eigenvalue weighted by atomic mass is 14.4. The second-order valence-corrected chi connectivity index (χ2v) is 3.02. The van der Waals surface area contributed by atoms with E-state index in [1.54, 1.807) is 0 Å². The zero-order chi connectivity index (χ0) is 7.03. The Labute approximate surface area is 62.7 Å². The lowest BCUT2D eigenvalue weighted by Gasteiger charge is -2.06. The minimum atomic E-state index is 0.0429. The molecule has 0 amide bonds. The van der Waals surface area contributed by atoms with Gasteiger partial charge in [-0.15, -0.1) is 0 Å². The maximum Gasteiger partial charge on any atom is 0.0810 e. The molecule has 1 saturated carbocycles. The average Bonchev–Trinajstić information content (AvgIpc) is 2.72. The summed E-state index contributed by atoms with van der Waals surface area (Å²) in [6.07, 6.45) is 2.30. The zero-order valence-electron chi connectivity index (χ0n) is 5.88. The van der Waals surface area contributed by atoms with E-state index in [2.05, 4.69) is 12.1 Å². The van der Waals surface area contributed by atoms with Crippen LogP contribution in [-0.2, 0) is 5.31 Å². The van der Waals surface area contributed by atoms with Gasteiger partial charge >= 0.3 is 0 Å². The molecule has 0 aromatic heterocycles. The van der Waals surface area contributed by atoms with Crippen molar-refractivity contribution in [3.8, 4) is 0 Å². The molecule has 1 aliphatic rings. The van der Waals surface area contributed by atoms with Gasteiger partial charge in [-0.1, -0.05) is 48.7 Å². The van der Waals surface area contributed by atoms with Gasteiger partial charge < -0.3 is 0 Å². The fourth-order valence-electron chi connectivity index (χ4n) is 1.19. The summed E-state index contributed by atoms with van der Waals surface area (Å²) in [6.45, 7) is 0. The molecule has 1 fully saturated rings. The maximum atomic E-state index is 5.97. The number of rotatable bonds is 1. The van der Waals surface area contributed by atoms with Crippen LogP contribution in [0.25, 0.3) is 0 Å². The Morgan fingerprint density at radius 2 is 1.70 bits per heavy atom. The Kier molecular flexibility index (Phi) is 1.13. The van der Waals surface area contributed by atoms with Crippen molar-refractivity contribution in [1.82, 2.24) is 0 Å². The lowest BCUT2D eigenvalue weighted by atomic mass is 9.77. The summed E-state index contributed by atoms with van der Waals surface area (Å²) in [5.74, 6) is 0. The van der Waals surface area contributed by atoms with Gasteiger partial charge in [-0.25, -0.2) is 0 Å². The number of hydrogen-bond donors (Lipinski definition) is 0. The zero-order valence-corrected chi connectivity index (χ0v) is 5.88. The fourth-order valence-corrected chi connectivity index (χ4v) is 1.19. The molecule has 0 heterocycles. The van der Waals surface area contributed by atoms with E-state index in [4.69, 9.17) is 7.85 Å². The molecule has 48 valence electrons. The van der Waals surface area contributed by atoms with Crippen LogP contribution >= 0.6 is 0 Å². The van der Waals surface area contributed by atoms with Crippen molar-refractivity contribution in [2.24, 2.45) is 0 Å². The van der Waals surface area contributed by atoms with Crippen LogP contribution in [0.1, 0.15) is 18.4 Å². The largest absolute Gasteiger partial charge is 0.0810 e. The van der Waals surface area contributed by atoms with E-state index in [1.807, 2.05) is 18.2 Å².